The van der Waals surface area contributed by atoms with Crippen LogP contribution in [0.3, 0.4) is 0 Å². The predicted molar refractivity (Wildman–Crippen MR) is 97.0 cm³/mol. The molecule has 25 heavy (non-hydrogen) atoms. The van der Waals surface area contributed by atoms with Crippen LogP contribution in [0.4, 0.5) is 11.4 Å². The minimum atomic E-state index is -0.431. The molecular formula is C18H15N5O2. The molecule has 0 aliphatic carbocycles. The van der Waals surface area contributed by atoms with Crippen LogP contribution in [0.1, 0.15) is 11.4 Å². The van der Waals surface area contributed by atoms with Crippen LogP contribution in [0, 0.1) is 21.4 Å². The summed E-state index contributed by atoms with van der Waals surface area (Å²) < 4.78 is 0. The number of nitrogens with zero attached hydrogens (tertiary/aromatic N) is 4. The standard InChI is InChI=1S/C18H15N5O2/c1-22(2)16-8-7-12(10-17(16)23(24)25)9-13(11-19)18-20-14-5-3-4-6-15(14)21-18/h3-10H,1-2H3,(H,20,21). The zero-order valence-electron chi connectivity index (χ0n) is 13.7. The second-order valence-electron chi connectivity index (χ2n) is 5.67. The highest BCUT2D eigenvalue weighted by Gasteiger charge is 2.16. The molecule has 1 aromatic heterocycles. The van der Waals surface area contributed by atoms with Gasteiger partial charge in [0, 0.05) is 20.2 Å². The van der Waals surface area contributed by atoms with Gasteiger partial charge in [-0.05, 0) is 29.8 Å². The Bertz CT molecular complexity index is 994. The van der Waals surface area contributed by atoms with E-state index in [9.17, 15) is 15.4 Å². The van der Waals surface area contributed by atoms with Gasteiger partial charge >= 0.3 is 0 Å². The van der Waals surface area contributed by atoms with Crippen LogP contribution in [-0.2, 0) is 0 Å². The maximum Gasteiger partial charge on any atom is 0.293 e. The molecule has 0 saturated heterocycles. The van der Waals surface area contributed by atoms with Crippen molar-refractivity contribution < 1.29 is 4.92 Å². The smallest absolute Gasteiger partial charge is 0.293 e. The van der Waals surface area contributed by atoms with Crippen molar-refractivity contribution in [1.82, 2.24) is 9.97 Å². The van der Waals surface area contributed by atoms with Gasteiger partial charge in [-0.2, -0.15) is 5.26 Å². The van der Waals surface area contributed by atoms with E-state index >= 15 is 0 Å². The first kappa shape index (κ1) is 16.2. The van der Waals surface area contributed by atoms with E-state index in [2.05, 4.69) is 16.0 Å². The van der Waals surface area contributed by atoms with Crippen molar-refractivity contribution in [3.8, 4) is 6.07 Å². The summed E-state index contributed by atoms with van der Waals surface area (Å²) in [4.78, 5) is 20.0. The maximum atomic E-state index is 11.3. The molecule has 0 aliphatic heterocycles. The first-order valence-corrected chi connectivity index (χ1v) is 7.52. The number of aromatic nitrogens is 2. The molecule has 0 unspecified atom stereocenters. The van der Waals surface area contributed by atoms with E-state index in [4.69, 9.17) is 0 Å². The summed E-state index contributed by atoms with van der Waals surface area (Å²) in [7, 11) is 3.49. The SMILES string of the molecule is CN(C)c1ccc(C=C(C#N)c2nc3ccccc3[nH]2)cc1[N+](=O)[O-]. The fourth-order valence-corrected chi connectivity index (χ4v) is 2.56. The van der Waals surface area contributed by atoms with Crippen LogP contribution in [0.2, 0.25) is 0 Å². The van der Waals surface area contributed by atoms with Crippen molar-refractivity contribution in [2.45, 2.75) is 0 Å². The average molecular weight is 333 g/mol. The summed E-state index contributed by atoms with van der Waals surface area (Å²) in [5, 5.41) is 20.8. The number of hydrogen-bond donors (Lipinski definition) is 1. The lowest BCUT2D eigenvalue weighted by atomic mass is 10.1. The number of imidazole rings is 1. The molecule has 3 aromatic rings. The molecule has 0 aliphatic rings. The summed E-state index contributed by atoms with van der Waals surface area (Å²) in [5.74, 6) is 0.433. The Labute approximate surface area is 144 Å². The highest BCUT2D eigenvalue weighted by molar-refractivity contribution is 5.90. The van der Waals surface area contributed by atoms with Crippen LogP contribution in [0.5, 0.6) is 0 Å². The third-order valence-electron chi connectivity index (χ3n) is 3.75. The lowest BCUT2D eigenvalue weighted by Gasteiger charge is -2.12. The van der Waals surface area contributed by atoms with Crippen molar-refractivity contribution in [2.24, 2.45) is 0 Å². The van der Waals surface area contributed by atoms with Crippen LogP contribution in [0.15, 0.2) is 42.5 Å². The van der Waals surface area contributed by atoms with Gasteiger partial charge in [0.05, 0.1) is 21.5 Å². The molecule has 1 N–H and O–H groups in total. The highest BCUT2D eigenvalue weighted by Crippen LogP contribution is 2.29. The molecule has 2 aromatic carbocycles. The first-order chi connectivity index (χ1) is 12.0. The van der Waals surface area contributed by atoms with Crippen molar-refractivity contribution in [2.75, 3.05) is 19.0 Å². The molecule has 0 atom stereocenters. The van der Waals surface area contributed by atoms with Gasteiger partial charge in [-0.25, -0.2) is 4.98 Å². The summed E-state index contributed by atoms with van der Waals surface area (Å²) in [6, 6.07) is 14.4. The number of rotatable bonds is 4. The molecule has 0 spiro atoms. The maximum absolute atomic E-state index is 11.3. The predicted octanol–water partition coefficient (Wildman–Crippen LogP) is 3.60. The van der Waals surface area contributed by atoms with E-state index in [0.717, 1.165) is 11.0 Å². The Balaban J connectivity index is 2.07. The Morgan fingerprint density at radius 3 is 2.72 bits per heavy atom. The number of aromatic amines is 1. The molecule has 7 heteroatoms. The van der Waals surface area contributed by atoms with Crippen molar-refractivity contribution >= 4 is 34.1 Å². The van der Waals surface area contributed by atoms with Crippen molar-refractivity contribution in [3.05, 3.63) is 64.0 Å². The number of nitriles is 1. The van der Waals surface area contributed by atoms with E-state index in [1.54, 1.807) is 37.2 Å². The minimum absolute atomic E-state index is 0.0133. The number of benzene rings is 2. The van der Waals surface area contributed by atoms with Gasteiger partial charge in [0.1, 0.15) is 17.6 Å². The summed E-state index contributed by atoms with van der Waals surface area (Å²) in [6.45, 7) is 0. The number of allylic oxidation sites excluding steroid dienone is 1. The summed E-state index contributed by atoms with van der Waals surface area (Å²) in [5.41, 5.74) is 2.95. The first-order valence-electron chi connectivity index (χ1n) is 7.52. The third-order valence-corrected chi connectivity index (χ3v) is 3.75. The molecule has 7 nitrogen and oxygen atoms in total. The van der Waals surface area contributed by atoms with Gasteiger partial charge in [-0.1, -0.05) is 18.2 Å². The summed E-state index contributed by atoms with van der Waals surface area (Å²) in [6.07, 6.45) is 1.59. The van der Waals surface area contributed by atoms with Gasteiger partial charge in [-0.15, -0.1) is 0 Å². The van der Waals surface area contributed by atoms with E-state index in [1.807, 2.05) is 24.3 Å². The Morgan fingerprint density at radius 2 is 2.08 bits per heavy atom. The fourth-order valence-electron chi connectivity index (χ4n) is 2.56. The van der Waals surface area contributed by atoms with Crippen molar-refractivity contribution in [3.63, 3.8) is 0 Å². The Morgan fingerprint density at radius 1 is 1.32 bits per heavy atom. The second kappa shape index (κ2) is 6.45. The van der Waals surface area contributed by atoms with Crippen LogP contribution >= 0.6 is 0 Å². The van der Waals surface area contributed by atoms with Crippen LogP contribution in [0.25, 0.3) is 22.7 Å². The molecule has 0 radical (unpaired) electrons. The number of hydrogen-bond acceptors (Lipinski definition) is 5. The normalized spacial score (nSPS) is 11.3. The molecule has 3 rings (SSSR count). The van der Waals surface area contributed by atoms with E-state index in [1.165, 1.54) is 6.07 Å². The fraction of sp³-hybridized carbons (Fsp3) is 0.111. The quantitative estimate of drug-likeness (QED) is 0.447. The van der Waals surface area contributed by atoms with Crippen LogP contribution < -0.4 is 4.90 Å². The number of nitrogens with one attached hydrogen (secondary N) is 1. The molecule has 0 amide bonds. The monoisotopic (exact) mass is 333 g/mol. The van der Waals surface area contributed by atoms with Gasteiger partial charge < -0.3 is 9.88 Å². The highest BCUT2D eigenvalue weighted by atomic mass is 16.6. The molecule has 0 bridgehead atoms. The number of para-hydroxylation sites is 2. The van der Waals surface area contributed by atoms with E-state index < -0.39 is 4.92 Å². The Hall–Kier alpha value is -3.66. The number of fused-ring (bicyclic) bond motifs is 1. The van der Waals surface area contributed by atoms with Gasteiger partial charge in [0.2, 0.25) is 0 Å². The number of anilines is 1. The molecule has 0 saturated carbocycles. The zero-order chi connectivity index (χ0) is 18.0. The number of nitro groups is 1. The lowest BCUT2D eigenvalue weighted by Crippen LogP contribution is -2.11. The topological polar surface area (TPSA) is 98.8 Å². The van der Waals surface area contributed by atoms with Gasteiger partial charge in [0.15, 0.2) is 0 Å². The van der Waals surface area contributed by atoms with Gasteiger partial charge in [-0.3, -0.25) is 10.1 Å². The Kier molecular flexibility index (Phi) is 4.18. The molecular weight excluding hydrogens is 318 g/mol. The van der Waals surface area contributed by atoms with E-state index in [0.29, 0.717) is 22.6 Å². The zero-order valence-corrected chi connectivity index (χ0v) is 13.7. The van der Waals surface area contributed by atoms with Gasteiger partial charge in [0.25, 0.3) is 5.69 Å². The number of nitro benzene ring substituents is 1. The van der Waals surface area contributed by atoms with Crippen LogP contribution in [-0.4, -0.2) is 29.0 Å². The molecule has 1 heterocycles. The second-order valence-corrected chi connectivity index (χ2v) is 5.67. The van der Waals surface area contributed by atoms with E-state index in [-0.39, 0.29) is 5.69 Å². The largest absolute Gasteiger partial charge is 0.372 e. The van der Waals surface area contributed by atoms with Crippen molar-refractivity contribution in [1.29, 1.82) is 5.26 Å². The average Bonchev–Trinajstić information content (AvgIpc) is 3.03. The number of H-pyrrole nitrogens is 1. The third kappa shape index (κ3) is 3.19. The molecule has 124 valence electrons. The summed E-state index contributed by atoms with van der Waals surface area (Å²) >= 11 is 0. The lowest BCUT2D eigenvalue weighted by molar-refractivity contribution is -0.384. The minimum Gasteiger partial charge on any atom is -0.372 e. The molecule has 0 fully saturated rings.